The van der Waals surface area contributed by atoms with Crippen molar-refractivity contribution in [3.8, 4) is 55.6 Å². The van der Waals surface area contributed by atoms with Gasteiger partial charge in [0.1, 0.15) is 22.3 Å². The van der Waals surface area contributed by atoms with Crippen LogP contribution in [0.4, 0.5) is 17.1 Å². The number of hydrogen-bond acceptors (Lipinski definition) is 3. The highest BCUT2D eigenvalue weighted by Gasteiger charge is 2.46. The Hall–Kier alpha value is -9.96. The minimum atomic E-state index is -0.479. The van der Waals surface area contributed by atoms with Crippen LogP contribution in [0.1, 0.15) is 22.3 Å². The fourth-order valence-electron chi connectivity index (χ4n) is 12.2. The largest absolute Gasteiger partial charge is 0.456 e. The van der Waals surface area contributed by atoms with Gasteiger partial charge in [0.05, 0.1) is 5.41 Å². The summed E-state index contributed by atoms with van der Waals surface area (Å²) in [5.41, 5.74) is 23.3. The molecule has 76 heavy (non-hydrogen) atoms. The van der Waals surface area contributed by atoms with Gasteiger partial charge in [0.15, 0.2) is 0 Å². The monoisotopic (exact) mass is 969 g/mol. The van der Waals surface area contributed by atoms with Crippen LogP contribution >= 0.6 is 0 Å². The molecule has 0 amide bonds. The first kappa shape index (κ1) is 43.6. The van der Waals surface area contributed by atoms with Crippen LogP contribution in [0.25, 0.3) is 99.5 Å². The number of nitrogens with zero attached hydrogens (tertiary/aromatic N) is 1. The normalized spacial score (nSPS) is 12.6. The highest BCUT2D eigenvalue weighted by atomic mass is 16.3. The molecule has 356 valence electrons. The van der Waals surface area contributed by atoms with E-state index in [1.807, 2.05) is 24.3 Å². The summed E-state index contributed by atoms with van der Waals surface area (Å²) >= 11 is 0. The summed E-state index contributed by atoms with van der Waals surface area (Å²) < 4.78 is 12.3. The third kappa shape index (κ3) is 7.05. The molecule has 0 unspecified atom stereocenters. The summed E-state index contributed by atoms with van der Waals surface area (Å²) in [4.78, 5) is 2.40. The number of anilines is 3. The van der Waals surface area contributed by atoms with E-state index in [1.54, 1.807) is 0 Å². The van der Waals surface area contributed by atoms with E-state index in [9.17, 15) is 0 Å². The van der Waals surface area contributed by atoms with Gasteiger partial charge in [-0.3, -0.25) is 0 Å². The molecule has 3 nitrogen and oxygen atoms in total. The number of benzene rings is 12. The lowest BCUT2D eigenvalue weighted by atomic mass is 9.68. The van der Waals surface area contributed by atoms with Crippen molar-refractivity contribution in [1.82, 2.24) is 0 Å². The van der Waals surface area contributed by atoms with Crippen LogP contribution in [0.3, 0.4) is 0 Å². The fourth-order valence-corrected chi connectivity index (χ4v) is 12.2. The molecule has 0 atom stereocenters. The summed E-state index contributed by atoms with van der Waals surface area (Å²) in [6, 6.07) is 103. The quantitative estimate of drug-likeness (QED) is 0.144. The molecule has 0 saturated carbocycles. The highest BCUT2D eigenvalue weighted by molar-refractivity contribution is 6.07. The minimum Gasteiger partial charge on any atom is -0.456 e. The molecule has 0 fully saturated rings. The summed E-state index contributed by atoms with van der Waals surface area (Å²) in [6.07, 6.45) is 0. The molecular formula is C73H47NO2. The van der Waals surface area contributed by atoms with Crippen LogP contribution in [0.5, 0.6) is 0 Å². The smallest absolute Gasteiger partial charge is 0.135 e. The maximum Gasteiger partial charge on any atom is 0.135 e. The summed E-state index contributed by atoms with van der Waals surface area (Å²) in [6.45, 7) is 0. The lowest BCUT2D eigenvalue weighted by Crippen LogP contribution is -2.28. The predicted octanol–water partition coefficient (Wildman–Crippen LogP) is 20.0. The predicted molar refractivity (Wildman–Crippen MR) is 315 cm³/mol. The average molecular weight is 970 g/mol. The fraction of sp³-hybridized carbons (Fsp3) is 0.0137. The van der Waals surface area contributed by atoms with Gasteiger partial charge in [-0.25, -0.2) is 0 Å². The van der Waals surface area contributed by atoms with Crippen molar-refractivity contribution in [3.05, 3.63) is 307 Å². The first-order valence-electron chi connectivity index (χ1n) is 26.0. The van der Waals surface area contributed by atoms with Crippen LogP contribution in [0, 0.1) is 0 Å². The zero-order chi connectivity index (χ0) is 50.2. The number of hydrogen-bond donors (Lipinski definition) is 0. The molecule has 0 spiro atoms. The Morgan fingerprint density at radius 2 is 0.592 bits per heavy atom. The zero-order valence-corrected chi connectivity index (χ0v) is 41.4. The maximum atomic E-state index is 6.13. The van der Waals surface area contributed by atoms with E-state index < -0.39 is 5.41 Å². The van der Waals surface area contributed by atoms with Crippen LogP contribution < -0.4 is 4.90 Å². The Morgan fingerprint density at radius 3 is 1.08 bits per heavy atom. The summed E-state index contributed by atoms with van der Waals surface area (Å²) in [5.74, 6) is 0. The Morgan fingerprint density at radius 1 is 0.237 bits per heavy atom. The molecule has 0 N–H and O–H groups in total. The number of fused-ring (bicyclic) bond motifs is 9. The Kier molecular flexibility index (Phi) is 10.1. The van der Waals surface area contributed by atoms with Gasteiger partial charge >= 0.3 is 0 Å². The molecule has 1 aliphatic carbocycles. The van der Waals surface area contributed by atoms with Gasteiger partial charge in [-0.15, -0.1) is 0 Å². The third-order valence-electron chi connectivity index (χ3n) is 15.8. The van der Waals surface area contributed by atoms with Crippen LogP contribution in [-0.4, -0.2) is 0 Å². The zero-order valence-electron chi connectivity index (χ0n) is 41.4. The van der Waals surface area contributed by atoms with E-state index in [0.29, 0.717) is 0 Å². The molecule has 2 heterocycles. The van der Waals surface area contributed by atoms with Gasteiger partial charge < -0.3 is 13.7 Å². The first-order valence-corrected chi connectivity index (χ1v) is 26.0. The van der Waals surface area contributed by atoms with Crippen molar-refractivity contribution in [2.75, 3.05) is 4.90 Å². The molecule has 12 aromatic carbocycles. The molecule has 2 aromatic heterocycles. The molecular weight excluding hydrogens is 923 g/mol. The van der Waals surface area contributed by atoms with Crippen LogP contribution in [-0.2, 0) is 5.41 Å². The first-order chi connectivity index (χ1) is 37.6. The van der Waals surface area contributed by atoms with Gasteiger partial charge in [0, 0.05) is 38.6 Å². The number of furan rings is 2. The van der Waals surface area contributed by atoms with Crippen molar-refractivity contribution in [1.29, 1.82) is 0 Å². The second-order valence-corrected chi connectivity index (χ2v) is 20.0. The van der Waals surface area contributed by atoms with E-state index in [2.05, 4.69) is 266 Å². The molecule has 0 saturated heterocycles. The van der Waals surface area contributed by atoms with Gasteiger partial charge in [-0.05, 0) is 151 Å². The molecule has 15 rings (SSSR count). The lowest BCUT2D eigenvalue weighted by Gasteiger charge is -2.34. The van der Waals surface area contributed by atoms with Gasteiger partial charge in [0.2, 0.25) is 0 Å². The molecule has 1 aliphatic rings. The van der Waals surface area contributed by atoms with Crippen molar-refractivity contribution in [2.45, 2.75) is 5.41 Å². The molecule has 14 aromatic rings. The molecule has 3 heteroatoms. The Labute approximate surface area is 440 Å². The second kappa shape index (κ2) is 17.6. The molecule has 0 aliphatic heterocycles. The van der Waals surface area contributed by atoms with E-state index in [0.717, 1.165) is 83.2 Å². The standard InChI is InChI=1S/C73H47NO2/c1-3-13-56(14-4-1)73(57-15-5-2-6-16-57)67-20-10-7-17-61(67)64-47-60(41-42-68(64)73)74(58-37-31-50(32-38-58)48-23-27-52(28-24-48)54-35-43-71-65(45-54)62-18-8-11-21-69(62)75-71)59-39-33-51(34-40-59)49-25-29-53(30-26-49)55-36-44-72-66(46-55)63-19-9-12-22-70(63)76-72/h1-47H. The number of para-hydroxylation sites is 2. The minimum absolute atomic E-state index is 0.479. The van der Waals surface area contributed by atoms with E-state index >= 15 is 0 Å². The van der Waals surface area contributed by atoms with E-state index in [-0.39, 0.29) is 0 Å². The SMILES string of the molecule is c1ccc(C2(c3ccccc3)c3ccccc3-c3cc(N(c4ccc(-c5ccc(-c6ccc7oc8ccccc8c7c6)cc5)cc4)c4ccc(-c5ccc(-c6ccc7oc8ccccc8c7c6)cc5)cc4)ccc32)cc1. The molecule has 0 bridgehead atoms. The third-order valence-corrected chi connectivity index (χ3v) is 15.8. The topological polar surface area (TPSA) is 29.5 Å². The van der Waals surface area contributed by atoms with Crippen molar-refractivity contribution < 1.29 is 8.83 Å². The van der Waals surface area contributed by atoms with E-state index in [4.69, 9.17) is 8.83 Å². The highest BCUT2D eigenvalue weighted by Crippen LogP contribution is 2.57. The van der Waals surface area contributed by atoms with E-state index in [1.165, 1.54) is 55.6 Å². The summed E-state index contributed by atoms with van der Waals surface area (Å²) in [5, 5.41) is 4.54. The van der Waals surface area contributed by atoms with Gasteiger partial charge in [-0.1, -0.05) is 212 Å². The Balaban J connectivity index is 0.800. The summed E-state index contributed by atoms with van der Waals surface area (Å²) in [7, 11) is 0. The van der Waals surface area contributed by atoms with Crippen LogP contribution in [0.15, 0.2) is 294 Å². The van der Waals surface area contributed by atoms with Crippen molar-refractivity contribution in [3.63, 3.8) is 0 Å². The molecule has 0 radical (unpaired) electrons. The average Bonchev–Trinajstić information content (AvgIpc) is 4.16. The van der Waals surface area contributed by atoms with Gasteiger partial charge in [-0.2, -0.15) is 0 Å². The number of rotatable bonds is 9. The maximum absolute atomic E-state index is 6.13. The van der Waals surface area contributed by atoms with Crippen molar-refractivity contribution in [2.24, 2.45) is 0 Å². The van der Waals surface area contributed by atoms with Crippen LogP contribution in [0.2, 0.25) is 0 Å². The lowest BCUT2D eigenvalue weighted by molar-refractivity contribution is 0.668. The Bertz CT molecular complexity index is 4230. The van der Waals surface area contributed by atoms with Crippen molar-refractivity contribution >= 4 is 60.9 Å². The van der Waals surface area contributed by atoms with Gasteiger partial charge in [0.25, 0.3) is 0 Å². The second-order valence-electron chi connectivity index (χ2n) is 20.0.